The summed E-state index contributed by atoms with van der Waals surface area (Å²) in [5.41, 5.74) is 1.02. The normalized spacial score (nSPS) is 12.8. The second-order valence-electron chi connectivity index (χ2n) is 6.94. The van der Waals surface area contributed by atoms with Crippen LogP contribution in [0.2, 0.25) is 0 Å². The summed E-state index contributed by atoms with van der Waals surface area (Å²) < 4.78 is 0. The maximum atomic E-state index is 12.9. The molecule has 0 radical (unpaired) electrons. The molecule has 0 spiro atoms. The molecular weight excluding hydrogens is 388 g/mol. The van der Waals surface area contributed by atoms with E-state index >= 15 is 0 Å². The quantitative estimate of drug-likeness (QED) is 0.572. The average Bonchev–Trinajstić information content (AvgIpc) is 2.94. The van der Waals surface area contributed by atoms with Gasteiger partial charge in [0.05, 0.1) is 16.8 Å². The molecule has 2 aromatic carbocycles. The summed E-state index contributed by atoms with van der Waals surface area (Å²) in [6.07, 6.45) is 1.07. The number of benzene rings is 2. The molecule has 9 nitrogen and oxygen atoms in total. The molecule has 3 aromatic rings. The zero-order chi connectivity index (χ0) is 21.6. The summed E-state index contributed by atoms with van der Waals surface area (Å²) in [6.45, 7) is 3.73. The van der Waals surface area contributed by atoms with Crippen molar-refractivity contribution in [2.75, 3.05) is 10.2 Å². The van der Waals surface area contributed by atoms with E-state index in [0.29, 0.717) is 5.69 Å². The highest BCUT2D eigenvalue weighted by Crippen LogP contribution is 2.31. The highest BCUT2D eigenvalue weighted by atomic mass is 16.2. The number of H-pyrrole nitrogens is 2. The first-order valence-electron chi connectivity index (χ1n) is 8.99. The lowest BCUT2D eigenvalue weighted by Gasteiger charge is -2.16. The predicted molar refractivity (Wildman–Crippen MR) is 109 cm³/mol. The van der Waals surface area contributed by atoms with Crippen LogP contribution in [-0.4, -0.2) is 27.7 Å². The monoisotopic (exact) mass is 404 g/mol. The van der Waals surface area contributed by atoms with Crippen LogP contribution in [0.15, 0.2) is 52.2 Å². The Labute approximate surface area is 169 Å². The van der Waals surface area contributed by atoms with Gasteiger partial charge in [-0.3, -0.25) is 24.2 Å². The van der Waals surface area contributed by atoms with Crippen molar-refractivity contribution in [1.29, 1.82) is 0 Å². The Hall–Kier alpha value is -4.27. The number of imide groups is 1. The van der Waals surface area contributed by atoms with Crippen molar-refractivity contribution in [3.05, 3.63) is 91.3 Å². The minimum absolute atomic E-state index is 0.0861. The number of anilines is 2. The van der Waals surface area contributed by atoms with E-state index in [-0.39, 0.29) is 22.4 Å². The van der Waals surface area contributed by atoms with Crippen molar-refractivity contribution in [2.24, 2.45) is 0 Å². The third-order valence-electron chi connectivity index (χ3n) is 4.81. The van der Waals surface area contributed by atoms with Gasteiger partial charge in [-0.1, -0.05) is 17.7 Å². The number of nitrogens with one attached hydrogen (secondary N) is 3. The Morgan fingerprint density at radius 3 is 2.37 bits per heavy atom. The van der Waals surface area contributed by atoms with Gasteiger partial charge < -0.3 is 10.3 Å². The lowest BCUT2D eigenvalue weighted by Crippen LogP contribution is -2.30. The Morgan fingerprint density at radius 1 is 0.933 bits per heavy atom. The van der Waals surface area contributed by atoms with Crippen LogP contribution in [0.1, 0.15) is 42.2 Å². The number of fused-ring (bicyclic) bond motifs is 1. The van der Waals surface area contributed by atoms with Crippen LogP contribution in [-0.2, 0) is 0 Å². The van der Waals surface area contributed by atoms with Gasteiger partial charge in [0.15, 0.2) is 0 Å². The van der Waals surface area contributed by atoms with Gasteiger partial charge in [-0.15, -0.1) is 0 Å². The first kappa shape index (κ1) is 19.1. The summed E-state index contributed by atoms with van der Waals surface area (Å²) in [4.78, 5) is 66.5. The third-order valence-corrected chi connectivity index (χ3v) is 4.81. The van der Waals surface area contributed by atoms with Crippen LogP contribution in [0.25, 0.3) is 0 Å². The van der Waals surface area contributed by atoms with Crippen molar-refractivity contribution < 1.29 is 14.4 Å². The molecule has 3 N–H and O–H groups in total. The number of hydrogen-bond acceptors (Lipinski definition) is 5. The molecule has 1 aliphatic heterocycles. The van der Waals surface area contributed by atoms with E-state index in [1.54, 1.807) is 6.07 Å². The molecule has 0 unspecified atom stereocenters. The number of amides is 3. The van der Waals surface area contributed by atoms with Crippen molar-refractivity contribution >= 4 is 29.1 Å². The third kappa shape index (κ3) is 3.12. The number of aromatic amines is 2. The van der Waals surface area contributed by atoms with Crippen LogP contribution >= 0.6 is 0 Å². The highest BCUT2D eigenvalue weighted by Gasteiger charge is 2.37. The lowest BCUT2D eigenvalue weighted by atomic mass is 10.1. The highest BCUT2D eigenvalue weighted by molar-refractivity contribution is 6.35. The van der Waals surface area contributed by atoms with Gasteiger partial charge in [0.1, 0.15) is 5.69 Å². The number of carbonyl (C=O) groups is 3. The van der Waals surface area contributed by atoms with Gasteiger partial charge in [0.2, 0.25) is 0 Å². The van der Waals surface area contributed by atoms with Crippen LogP contribution in [0.3, 0.4) is 0 Å². The molecular formula is C21H16N4O5. The summed E-state index contributed by atoms with van der Waals surface area (Å²) in [5, 5.41) is 2.37. The van der Waals surface area contributed by atoms with E-state index < -0.39 is 29.0 Å². The van der Waals surface area contributed by atoms with Crippen LogP contribution in [0.4, 0.5) is 11.4 Å². The summed E-state index contributed by atoms with van der Waals surface area (Å²) in [5.74, 6) is -1.66. The molecule has 0 aliphatic carbocycles. The lowest BCUT2D eigenvalue weighted by molar-refractivity contribution is 0.0925. The molecule has 0 saturated carbocycles. The van der Waals surface area contributed by atoms with Crippen LogP contribution in [0, 0.1) is 13.8 Å². The second-order valence-corrected chi connectivity index (χ2v) is 6.94. The van der Waals surface area contributed by atoms with Crippen molar-refractivity contribution in [3.63, 3.8) is 0 Å². The fraction of sp³-hybridized carbons (Fsp3) is 0.0952. The van der Waals surface area contributed by atoms with E-state index in [0.717, 1.165) is 22.2 Å². The number of rotatable bonds is 3. The first-order valence-corrected chi connectivity index (χ1v) is 8.99. The van der Waals surface area contributed by atoms with Gasteiger partial charge >= 0.3 is 5.69 Å². The van der Waals surface area contributed by atoms with E-state index in [4.69, 9.17) is 0 Å². The molecule has 0 atom stereocenters. The van der Waals surface area contributed by atoms with Gasteiger partial charge in [-0.25, -0.2) is 9.69 Å². The molecule has 0 saturated heterocycles. The molecule has 4 rings (SSSR count). The molecule has 3 amide bonds. The largest absolute Gasteiger partial charge is 0.325 e. The molecule has 1 aliphatic rings. The summed E-state index contributed by atoms with van der Waals surface area (Å²) in [6, 6.07) is 9.51. The Kier molecular flexibility index (Phi) is 4.42. The summed E-state index contributed by atoms with van der Waals surface area (Å²) >= 11 is 0. The van der Waals surface area contributed by atoms with Crippen LogP contribution in [0.5, 0.6) is 0 Å². The van der Waals surface area contributed by atoms with Gasteiger partial charge in [0.25, 0.3) is 23.3 Å². The molecule has 0 fully saturated rings. The Morgan fingerprint density at radius 2 is 1.67 bits per heavy atom. The van der Waals surface area contributed by atoms with E-state index in [2.05, 4.69) is 10.3 Å². The molecule has 1 aromatic heterocycles. The number of hydrogen-bond donors (Lipinski definition) is 3. The zero-order valence-electron chi connectivity index (χ0n) is 16.0. The van der Waals surface area contributed by atoms with Gasteiger partial charge in [0, 0.05) is 11.8 Å². The predicted octanol–water partition coefficient (Wildman–Crippen LogP) is 1.73. The average molecular weight is 404 g/mol. The fourth-order valence-corrected chi connectivity index (χ4v) is 3.35. The minimum Gasteiger partial charge on any atom is -0.316 e. The topological polar surface area (TPSA) is 132 Å². The standard InChI is InChI=1S/C21H16N4O5/c1-10-3-6-16(11(2)7-10)25-19(28)13-5-4-12(8-14(13)20(25)29)17(26)23-15-9-22-21(30)24-18(15)27/h3-9H,1-2H3,(H,23,26)(H2,22,24,27,30). The van der Waals surface area contributed by atoms with E-state index in [1.807, 2.05) is 31.0 Å². The van der Waals surface area contributed by atoms with Crippen LogP contribution < -0.4 is 21.5 Å². The number of aryl methyl sites for hydroxylation is 2. The van der Waals surface area contributed by atoms with Gasteiger partial charge in [-0.05, 0) is 43.7 Å². The maximum absolute atomic E-state index is 12.9. The smallest absolute Gasteiger partial charge is 0.316 e. The molecule has 30 heavy (non-hydrogen) atoms. The zero-order valence-corrected chi connectivity index (χ0v) is 16.0. The molecule has 0 bridgehead atoms. The fourth-order valence-electron chi connectivity index (χ4n) is 3.35. The van der Waals surface area contributed by atoms with Gasteiger partial charge in [-0.2, -0.15) is 0 Å². The second kappa shape index (κ2) is 6.96. The Bertz CT molecular complexity index is 1350. The maximum Gasteiger partial charge on any atom is 0.325 e. The van der Waals surface area contributed by atoms with E-state index in [9.17, 15) is 24.0 Å². The number of carbonyl (C=O) groups excluding carboxylic acids is 3. The minimum atomic E-state index is -0.763. The Balaban J connectivity index is 1.67. The van der Waals surface area contributed by atoms with Crippen molar-refractivity contribution in [2.45, 2.75) is 13.8 Å². The SMILES string of the molecule is Cc1ccc(N2C(=O)c3ccc(C(=O)Nc4c[nH]c(=O)[nH]c4=O)cc3C2=O)c(C)c1. The number of nitrogens with zero attached hydrogens (tertiary/aromatic N) is 1. The summed E-state index contributed by atoms with van der Waals surface area (Å²) in [7, 11) is 0. The van der Waals surface area contributed by atoms with Crippen molar-refractivity contribution in [3.8, 4) is 0 Å². The molecule has 9 heteroatoms. The molecule has 150 valence electrons. The number of aromatic nitrogens is 2. The van der Waals surface area contributed by atoms with Crippen molar-refractivity contribution in [1.82, 2.24) is 9.97 Å². The molecule has 2 heterocycles. The first-order chi connectivity index (χ1) is 14.3. The van der Waals surface area contributed by atoms with E-state index in [1.165, 1.54) is 18.2 Å².